The predicted molar refractivity (Wildman–Crippen MR) is 85.7 cm³/mol. The molecule has 3 amide bonds. The van der Waals surface area contributed by atoms with E-state index in [4.69, 9.17) is 4.74 Å². The van der Waals surface area contributed by atoms with Crippen LogP contribution in [0, 0.1) is 5.92 Å². The molecule has 0 spiro atoms. The van der Waals surface area contributed by atoms with Crippen LogP contribution in [0.1, 0.15) is 65.2 Å². The fourth-order valence-corrected chi connectivity index (χ4v) is 3.56. The first kappa shape index (κ1) is 17.8. The second-order valence-electron chi connectivity index (χ2n) is 7.18. The molecule has 0 unspecified atom stereocenters. The summed E-state index contributed by atoms with van der Waals surface area (Å²) in [6.07, 6.45) is 9.82. The number of hydrogen-bond donors (Lipinski definition) is 1. The molecule has 0 bridgehead atoms. The highest BCUT2D eigenvalue weighted by Gasteiger charge is 2.55. The Morgan fingerprint density at radius 3 is 2.61 bits per heavy atom. The Balaban J connectivity index is 1.58. The number of alkyl carbamates (subject to hydrolysis) is 1. The third-order valence-corrected chi connectivity index (χ3v) is 5.14. The second kappa shape index (κ2) is 7.79. The van der Waals surface area contributed by atoms with Gasteiger partial charge in [-0.2, -0.15) is 0 Å². The molecule has 1 saturated carbocycles. The second-order valence-corrected chi connectivity index (χ2v) is 7.18. The Hall–Kier alpha value is -1.59. The van der Waals surface area contributed by atoms with Gasteiger partial charge in [0.25, 0.3) is 5.91 Å². The van der Waals surface area contributed by atoms with Crippen molar-refractivity contribution < 1.29 is 19.1 Å². The van der Waals surface area contributed by atoms with E-state index in [1.54, 1.807) is 13.8 Å². The molecule has 6 nitrogen and oxygen atoms in total. The highest BCUT2D eigenvalue weighted by Crippen LogP contribution is 2.30. The van der Waals surface area contributed by atoms with E-state index in [2.05, 4.69) is 5.32 Å². The van der Waals surface area contributed by atoms with Gasteiger partial charge in [-0.25, -0.2) is 4.79 Å². The van der Waals surface area contributed by atoms with Crippen LogP contribution in [0.4, 0.5) is 4.79 Å². The molecule has 2 fully saturated rings. The summed E-state index contributed by atoms with van der Waals surface area (Å²) in [5.74, 6) is 0.458. The van der Waals surface area contributed by atoms with Gasteiger partial charge in [-0.15, -0.1) is 0 Å². The van der Waals surface area contributed by atoms with Crippen LogP contribution in [0.5, 0.6) is 0 Å². The number of likely N-dealkylation sites (tertiary alicyclic amines) is 1. The molecule has 1 atom stereocenters. The molecule has 2 aliphatic rings. The Kier molecular flexibility index (Phi) is 6.02. The standard InChI is InChI=1S/C17H28N2O4/c1-17(2)14(15(21)19(17)12-20)18-16(22)23-11-7-6-10-13-8-4-3-5-9-13/h12-14H,3-11H2,1-2H3,(H,18,22)/t14-/m1/s1. The number of nitrogens with one attached hydrogen (secondary N) is 1. The average molecular weight is 324 g/mol. The van der Waals surface area contributed by atoms with Crippen molar-refractivity contribution >= 4 is 18.4 Å². The van der Waals surface area contributed by atoms with Crippen LogP contribution in [-0.2, 0) is 14.3 Å². The number of imide groups is 1. The summed E-state index contributed by atoms with van der Waals surface area (Å²) >= 11 is 0. The topological polar surface area (TPSA) is 75.7 Å². The van der Waals surface area contributed by atoms with Gasteiger partial charge < -0.3 is 10.1 Å². The molecule has 23 heavy (non-hydrogen) atoms. The van der Waals surface area contributed by atoms with Crippen molar-refractivity contribution in [3.63, 3.8) is 0 Å². The van der Waals surface area contributed by atoms with Gasteiger partial charge in [0, 0.05) is 0 Å². The van der Waals surface area contributed by atoms with Crippen LogP contribution in [0.3, 0.4) is 0 Å². The summed E-state index contributed by atoms with van der Waals surface area (Å²) in [5.41, 5.74) is -0.696. The number of ether oxygens (including phenoxy) is 1. The summed E-state index contributed by atoms with van der Waals surface area (Å²) in [6, 6.07) is -0.692. The molecular weight excluding hydrogens is 296 g/mol. The fraction of sp³-hybridized carbons (Fsp3) is 0.824. The zero-order chi connectivity index (χ0) is 16.9. The van der Waals surface area contributed by atoms with Crippen LogP contribution in [0.15, 0.2) is 0 Å². The molecule has 2 rings (SSSR count). The zero-order valence-electron chi connectivity index (χ0n) is 14.2. The van der Waals surface area contributed by atoms with Crippen molar-refractivity contribution in [1.82, 2.24) is 10.2 Å². The van der Waals surface area contributed by atoms with Crippen molar-refractivity contribution in [1.29, 1.82) is 0 Å². The number of amides is 3. The van der Waals surface area contributed by atoms with Crippen molar-refractivity contribution in [3.05, 3.63) is 0 Å². The minimum atomic E-state index is -0.696. The lowest BCUT2D eigenvalue weighted by Gasteiger charge is -2.50. The van der Waals surface area contributed by atoms with Crippen LogP contribution in [-0.4, -0.2) is 41.5 Å². The average Bonchev–Trinajstić information content (AvgIpc) is 2.53. The molecule has 1 heterocycles. The number of unbranched alkanes of at least 4 members (excludes halogenated alkanes) is 1. The summed E-state index contributed by atoms with van der Waals surface area (Å²) in [4.78, 5) is 35.3. The first-order valence-corrected chi connectivity index (χ1v) is 8.68. The molecule has 6 heteroatoms. The van der Waals surface area contributed by atoms with Crippen molar-refractivity contribution in [2.45, 2.75) is 76.8 Å². The molecule has 1 aliphatic heterocycles. The van der Waals surface area contributed by atoms with Gasteiger partial charge in [0.15, 0.2) is 0 Å². The number of carbonyl (C=O) groups excluding carboxylic acids is 3. The minimum Gasteiger partial charge on any atom is -0.450 e. The Labute approximate surface area is 137 Å². The summed E-state index contributed by atoms with van der Waals surface area (Å²) < 4.78 is 5.14. The van der Waals surface area contributed by atoms with Gasteiger partial charge in [0.1, 0.15) is 6.04 Å². The van der Waals surface area contributed by atoms with Crippen molar-refractivity contribution in [3.8, 4) is 0 Å². The van der Waals surface area contributed by atoms with Gasteiger partial charge in [-0.3, -0.25) is 14.5 Å². The number of rotatable bonds is 7. The largest absolute Gasteiger partial charge is 0.450 e. The molecule has 0 radical (unpaired) electrons. The normalized spacial score (nSPS) is 24.0. The maximum absolute atomic E-state index is 11.7. The quantitative estimate of drug-likeness (QED) is 0.444. The Bertz CT molecular complexity index is 444. The minimum absolute atomic E-state index is 0.372. The van der Waals surface area contributed by atoms with E-state index in [1.165, 1.54) is 38.5 Å². The molecule has 1 aliphatic carbocycles. The van der Waals surface area contributed by atoms with Gasteiger partial charge in [-0.1, -0.05) is 38.5 Å². The van der Waals surface area contributed by atoms with E-state index >= 15 is 0 Å². The molecule has 130 valence electrons. The van der Waals surface area contributed by atoms with Gasteiger partial charge in [-0.05, 0) is 32.6 Å². The summed E-state index contributed by atoms with van der Waals surface area (Å²) in [7, 11) is 0. The van der Waals surface area contributed by atoms with Gasteiger partial charge >= 0.3 is 6.09 Å². The molecule has 0 aromatic heterocycles. The van der Waals surface area contributed by atoms with E-state index in [-0.39, 0.29) is 5.91 Å². The van der Waals surface area contributed by atoms with Gasteiger partial charge in [0.05, 0.1) is 12.1 Å². The third-order valence-electron chi connectivity index (χ3n) is 5.14. The molecular formula is C17H28N2O4. The lowest BCUT2D eigenvalue weighted by atomic mass is 9.83. The highest BCUT2D eigenvalue weighted by atomic mass is 16.5. The van der Waals surface area contributed by atoms with Crippen LogP contribution < -0.4 is 5.32 Å². The summed E-state index contributed by atoms with van der Waals surface area (Å²) in [6.45, 7) is 3.84. The van der Waals surface area contributed by atoms with E-state index in [1.807, 2.05) is 0 Å². The van der Waals surface area contributed by atoms with E-state index in [0.717, 1.165) is 23.7 Å². The lowest BCUT2D eigenvalue weighted by Crippen LogP contribution is -2.76. The SMILES string of the molecule is CC1(C)[C@H](NC(=O)OCCCCC2CCCCC2)C(=O)N1C=O. The zero-order valence-corrected chi connectivity index (χ0v) is 14.2. The van der Waals surface area contributed by atoms with Crippen LogP contribution in [0.25, 0.3) is 0 Å². The maximum atomic E-state index is 11.7. The van der Waals surface area contributed by atoms with E-state index in [9.17, 15) is 14.4 Å². The first-order chi connectivity index (χ1) is 11.0. The molecule has 1 saturated heterocycles. The summed E-state index contributed by atoms with van der Waals surface area (Å²) in [5, 5.41) is 2.55. The highest BCUT2D eigenvalue weighted by molar-refractivity contribution is 6.00. The third kappa shape index (κ3) is 4.24. The van der Waals surface area contributed by atoms with Crippen LogP contribution in [0.2, 0.25) is 0 Å². The number of β-lactam (4-membered cyclic amide) rings is 1. The van der Waals surface area contributed by atoms with Crippen LogP contribution >= 0.6 is 0 Å². The van der Waals surface area contributed by atoms with Crippen molar-refractivity contribution in [2.75, 3.05) is 6.61 Å². The Morgan fingerprint density at radius 2 is 2.00 bits per heavy atom. The maximum Gasteiger partial charge on any atom is 0.407 e. The fourth-order valence-electron chi connectivity index (χ4n) is 3.56. The van der Waals surface area contributed by atoms with E-state index in [0.29, 0.717) is 13.0 Å². The smallest absolute Gasteiger partial charge is 0.407 e. The molecule has 0 aromatic rings. The lowest BCUT2D eigenvalue weighted by molar-refractivity contribution is -0.163. The van der Waals surface area contributed by atoms with Gasteiger partial charge in [0.2, 0.25) is 6.41 Å². The molecule has 0 aromatic carbocycles. The number of hydrogen-bond acceptors (Lipinski definition) is 4. The first-order valence-electron chi connectivity index (χ1n) is 8.68. The predicted octanol–water partition coefficient (Wildman–Crippen LogP) is 2.61. The number of carbonyl (C=O) groups is 3. The van der Waals surface area contributed by atoms with E-state index < -0.39 is 17.7 Å². The monoisotopic (exact) mass is 324 g/mol. The molecule has 1 N–H and O–H groups in total. The number of nitrogens with zero attached hydrogens (tertiary/aromatic N) is 1. The van der Waals surface area contributed by atoms with Crippen molar-refractivity contribution in [2.24, 2.45) is 5.92 Å². The Morgan fingerprint density at radius 1 is 1.30 bits per heavy atom.